The van der Waals surface area contributed by atoms with Gasteiger partial charge in [0.05, 0.1) is 25.9 Å². The van der Waals surface area contributed by atoms with E-state index in [1.165, 1.54) is 0 Å². The topological polar surface area (TPSA) is 56.5 Å². The van der Waals surface area contributed by atoms with E-state index in [0.29, 0.717) is 19.8 Å². The largest absolute Gasteiger partial charge is 0.376 e. The minimum absolute atomic E-state index is 0.0821. The highest BCUT2D eigenvalue weighted by Gasteiger charge is 2.23. The van der Waals surface area contributed by atoms with Crippen molar-refractivity contribution in [3.8, 4) is 0 Å². The van der Waals surface area contributed by atoms with E-state index in [1.807, 2.05) is 6.08 Å². The average Bonchev–Trinajstić information content (AvgIpc) is 2.21. The smallest absolute Gasteiger partial charge is 0.0975 e. The van der Waals surface area contributed by atoms with Crippen LogP contribution in [0.5, 0.6) is 0 Å². The van der Waals surface area contributed by atoms with E-state index in [0.717, 1.165) is 12.8 Å². The summed E-state index contributed by atoms with van der Waals surface area (Å²) in [5, 5.41) is 0. The van der Waals surface area contributed by atoms with E-state index in [2.05, 4.69) is 12.0 Å². The highest BCUT2D eigenvalue weighted by atomic mass is 16.6. The predicted molar refractivity (Wildman–Crippen MR) is 51.1 cm³/mol. The second kappa shape index (κ2) is 6.10. The molecule has 1 aliphatic heterocycles. The van der Waals surface area contributed by atoms with Crippen LogP contribution in [0.15, 0.2) is 12.7 Å². The van der Waals surface area contributed by atoms with Crippen molar-refractivity contribution in [3.63, 3.8) is 0 Å². The molecule has 1 saturated heterocycles. The Bertz CT molecular complexity index is 147. The van der Waals surface area contributed by atoms with Gasteiger partial charge in [-0.15, -0.1) is 6.58 Å². The first-order valence-electron chi connectivity index (χ1n) is 4.65. The Morgan fingerprint density at radius 2 is 2.46 bits per heavy atom. The summed E-state index contributed by atoms with van der Waals surface area (Å²) in [5.41, 5.74) is 2.75. The van der Waals surface area contributed by atoms with Crippen molar-refractivity contribution in [3.05, 3.63) is 12.7 Å². The van der Waals surface area contributed by atoms with Gasteiger partial charge < -0.3 is 9.47 Å². The standard InChI is InChI=1S/C9H18N2O2/c1-2-3-4-8(11-10)9-7-12-5-6-13-9/h2,8-9,11H,1,3-7,10H2. The zero-order chi connectivity index (χ0) is 9.52. The summed E-state index contributed by atoms with van der Waals surface area (Å²) in [5.74, 6) is 5.42. The Kier molecular flexibility index (Phi) is 5.00. The number of hydrazine groups is 1. The number of allylic oxidation sites excluding steroid dienone is 1. The molecule has 1 aliphatic rings. The van der Waals surface area contributed by atoms with Crippen LogP contribution >= 0.6 is 0 Å². The van der Waals surface area contributed by atoms with Gasteiger partial charge in [-0.2, -0.15) is 0 Å². The fraction of sp³-hybridized carbons (Fsp3) is 0.778. The van der Waals surface area contributed by atoms with Gasteiger partial charge in [-0.3, -0.25) is 11.3 Å². The van der Waals surface area contributed by atoms with E-state index in [1.54, 1.807) is 0 Å². The zero-order valence-corrected chi connectivity index (χ0v) is 7.87. The van der Waals surface area contributed by atoms with Gasteiger partial charge in [-0.05, 0) is 12.8 Å². The molecule has 0 aromatic rings. The summed E-state index contributed by atoms with van der Waals surface area (Å²) in [7, 11) is 0. The zero-order valence-electron chi connectivity index (χ0n) is 7.87. The molecule has 1 heterocycles. The number of hydrogen-bond acceptors (Lipinski definition) is 4. The lowest BCUT2D eigenvalue weighted by molar-refractivity contribution is -0.102. The van der Waals surface area contributed by atoms with E-state index < -0.39 is 0 Å². The third-order valence-corrected chi connectivity index (χ3v) is 2.19. The molecule has 13 heavy (non-hydrogen) atoms. The van der Waals surface area contributed by atoms with Crippen molar-refractivity contribution in [2.45, 2.75) is 25.0 Å². The highest BCUT2D eigenvalue weighted by molar-refractivity contribution is 4.80. The molecule has 0 bridgehead atoms. The first-order valence-corrected chi connectivity index (χ1v) is 4.65. The first kappa shape index (κ1) is 10.7. The van der Waals surface area contributed by atoms with Gasteiger partial charge in [0, 0.05) is 6.04 Å². The number of nitrogens with one attached hydrogen (secondary N) is 1. The average molecular weight is 186 g/mol. The maximum atomic E-state index is 5.53. The molecule has 0 amide bonds. The maximum absolute atomic E-state index is 5.53. The van der Waals surface area contributed by atoms with Crippen LogP contribution in [0.1, 0.15) is 12.8 Å². The van der Waals surface area contributed by atoms with E-state index in [-0.39, 0.29) is 12.1 Å². The van der Waals surface area contributed by atoms with Crippen molar-refractivity contribution in [1.29, 1.82) is 0 Å². The van der Waals surface area contributed by atoms with Gasteiger partial charge in [0.2, 0.25) is 0 Å². The fourth-order valence-corrected chi connectivity index (χ4v) is 1.41. The quantitative estimate of drug-likeness (QED) is 0.366. The predicted octanol–water partition coefficient (Wildman–Crippen LogP) is 0.200. The minimum atomic E-state index is 0.0821. The van der Waals surface area contributed by atoms with Crippen molar-refractivity contribution in [2.24, 2.45) is 5.84 Å². The molecule has 1 rings (SSSR count). The third-order valence-electron chi connectivity index (χ3n) is 2.19. The molecule has 0 aromatic heterocycles. The molecule has 1 fully saturated rings. The van der Waals surface area contributed by atoms with E-state index >= 15 is 0 Å². The molecule has 0 spiro atoms. The second-order valence-corrected chi connectivity index (χ2v) is 3.12. The lowest BCUT2D eigenvalue weighted by atomic mass is 10.1. The van der Waals surface area contributed by atoms with Crippen molar-refractivity contribution >= 4 is 0 Å². The van der Waals surface area contributed by atoms with Gasteiger partial charge in [0.25, 0.3) is 0 Å². The molecule has 0 saturated carbocycles. The molecular weight excluding hydrogens is 168 g/mol. The molecule has 4 nitrogen and oxygen atoms in total. The van der Waals surface area contributed by atoms with Gasteiger partial charge in [0.15, 0.2) is 0 Å². The number of rotatable bonds is 5. The number of nitrogens with two attached hydrogens (primary N) is 1. The Morgan fingerprint density at radius 3 is 3.00 bits per heavy atom. The second-order valence-electron chi connectivity index (χ2n) is 3.12. The molecular formula is C9H18N2O2. The third kappa shape index (κ3) is 3.44. The highest BCUT2D eigenvalue weighted by Crippen LogP contribution is 2.10. The Labute approximate surface area is 79.1 Å². The SMILES string of the molecule is C=CCCC(NN)C1COCCO1. The van der Waals surface area contributed by atoms with Crippen LogP contribution < -0.4 is 11.3 Å². The fourth-order valence-electron chi connectivity index (χ4n) is 1.41. The lowest BCUT2D eigenvalue weighted by Crippen LogP contribution is -2.49. The molecule has 76 valence electrons. The molecule has 2 unspecified atom stereocenters. The first-order chi connectivity index (χ1) is 6.38. The Morgan fingerprint density at radius 1 is 1.62 bits per heavy atom. The van der Waals surface area contributed by atoms with E-state index in [9.17, 15) is 0 Å². The summed E-state index contributed by atoms with van der Waals surface area (Å²) in [4.78, 5) is 0. The van der Waals surface area contributed by atoms with Crippen molar-refractivity contribution in [2.75, 3.05) is 19.8 Å². The Balaban J connectivity index is 2.29. The monoisotopic (exact) mass is 186 g/mol. The Hall–Kier alpha value is -0.420. The molecule has 0 radical (unpaired) electrons. The number of ether oxygens (including phenoxy) is 2. The van der Waals surface area contributed by atoms with Gasteiger partial charge in [0.1, 0.15) is 0 Å². The van der Waals surface area contributed by atoms with Crippen LogP contribution in [0.3, 0.4) is 0 Å². The summed E-state index contributed by atoms with van der Waals surface area (Å²) < 4.78 is 10.8. The molecule has 4 heteroatoms. The minimum Gasteiger partial charge on any atom is -0.376 e. The van der Waals surface area contributed by atoms with Crippen LogP contribution in [0.2, 0.25) is 0 Å². The maximum Gasteiger partial charge on any atom is 0.0975 e. The summed E-state index contributed by atoms with van der Waals surface area (Å²) in [6.07, 6.45) is 3.84. The molecule has 0 aromatic carbocycles. The summed E-state index contributed by atoms with van der Waals surface area (Å²) in [6, 6.07) is 0.165. The normalized spacial score (nSPS) is 25.5. The summed E-state index contributed by atoms with van der Waals surface area (Å²) in [6.45, 7) is 5.66. The van der Waals surface area contributed by atoms with Gasteiger partial charge in [-0.25, -0.2) is 0 Å². The van der Waals surface area contributed by atoms with E-state index in [4.69, 9.17) is 15.3 Å². The van der Waals surface area contributed by atoms with Crippen LogP contribution in [-0.2, 0) is 9.47 Å². The van der Waals surface area contributed by atoms with Crippen LogP contribution in [0, 0.1) is 0 Å². The molecule has 3 N–H and O–H groups in total. The van der Waals surface area contributed by atoms with Gasteiger partial charge >= 0.3 is 0 Å². The molecule has 0 aliphatic carbocycles. The number of hydrogen-bond donors (Lipinski definition) is 2. The van der Waals surface area contributed by atoms with Crippen molar-refractivity contribution in [1.82, 2.24) is 5.43 Å². The van der Waals surface area contributed by atoms with Gasteiger partial charge in [-0.1, -0.05) is 6.08 Å². The lowest BCUT2D eigenvalue weighted by Gasteiger charge is -2.29. The van der Waals surface area contributed by atoms with Crippen LogP contribution in [-0.4, -0.2) is 32.0 Å². The summed E-state index contributed by atoms with van der Waals surface area (Å²) >= 11 is 0. The van der Waals surface area contributed by atoms with Crippen LogP contribution in [0.4, 0.5) is 0 Å². The van der Waals surface area contributed by atoms with Crippen molar-refractivity contribution < 1.29 is 9.47 Å². The molecule has 2 atom stereocenters. The van der Waals surface area contributed by atoms with Crippen LogP contribution in [0.25, 0.3) is 0 Å².